The Balaban J connectivity index is 2.03. The molecule has 2 aromatic heterocycles. The fourth-order valence-electron chi connectivity index (χ4n) is 3.71. The number of rotatable bonds is 2. The summed E-state index contributed by atoms with van der Waals surface area (Å²) in [6.07, 6.45) is 3.48. The van der Waals surface area contributed by atoms with E-state index in [4.69, 9.17) is 27.9 Å². The van der Waals surface area contributed by atoms with Gasteiger partial charge in [-0.3, -0.25) is 0 Å². The van der Waals surface area contributed by atoms with Gasteiger partial charge in [-0.2, -0.15) is 5.26 Å². The van der Waals surface area contributed by atoms with Crippen molar-refractivity contribution < 1.29 is 9.84 Å². The molecule has 5 nitrogen and oxygen atoms in total. The lowest BCUT2D eigenvalue weighted by molar-refractivity contribution is 0.0678. The molecule has 0 radical (unpaired) electrons. The van der Waals surface area contributed by atoms with E-state index in [-0.39, 0.29) is 11.9 Å². The number of aryl methyl sites for hydroxylation is 1. The summed E-state index contributed by atoms with van der Waals surface area (Å²) in [5, 5.41) is 22.3. The highest BCUT2D eigenvalue weighted by atomic mass is 35.5. The van der Waals surface area contributed by atoms with Crippen molar-refractivity contribution in [3.63, 3.8) is 0 Å². The van der Waals surface area contributed by atoms with Gasteiger partial charge in [0.15, 0.2) is 0 Å². The van der Waals surface area contributed by atoms with Crippen molar-refractivity contribution in [1.82, 2.24) is 9.55 Å². The predicted molar refractivity (Wildman–Crippen MR) is 105 cm³/mol. The lowest BCUT2D eigenvalue weighted by Gasteiger charge is -2.24. The number of fused-ring (bicyclic) bond motifs is 1. The van der Waals surface area contributed by atoms with Crippen molar-refractivity contribution in [2.75, 3.05) is 13.2 Å². The number of hydrogen-bond donors (Lipinski definition) is 1. The highest BCUT2D eigenvalue weighted by Crippen LogP contribution is 2.43. The molecule has 0 spiro atoms. The van der Waals surface area contributed by atoms with E-state index in [1.807, 2.05) is 10.8 Å². The molecule has 0 amide bonds. The van der Waals surface area contributed by atoms with Crippen LogP contribution < -0.4 is 0 Å². The van der Waals surface area contributed by atoms with Crippen molar-refractivity contribution in [1.29, 1.82) is 5.26 Å². The molecule has 0 saturated carbocycles. The quantitative estimate of drug-likeness (QED) is 0.636. The Labute approximate surface area is 166 Å². The maximum absolute atomic E-state index is 11.0. The predicted octanol–water partition coefficient (Wildman–Crippen LogP) is 5.25. The van der Waals surface area contributed by atoms with Crippen LogP contribution in [0.1, 0.15) is 30.1 Å². The number of aromatic nitrogens is 2. The smallest absolute Gasteiger partial charge is 0.201 e. The third kappa shape index (κ3) is 3.04. The van der Waals surface area contributed by atoms with Crippen LogP contribution in [0.2, 0.25) is 10.0 Å². The van der Waals surface area contributed by atoms with Crippen LogP contribution in [0.25, 0.3) is 22.0 Å². The minimum atomic E-state index is 0.0990. The fourth-order valence-corrected chi connectivity index (χ4v) is 4.21. The van der Waals surface area contributed by atoms with Crippen molar-refractivity contribution >= 4 is 34.1 Å². The molecule has 1 aliphatic rings. The third-order valence-corrected chi connectivity index (χ3v) is 5.58. The zero-order valence-corrected chi connectivity index (χ0v) is 16.2. The molecule has 1 N–H and O–H groups in total. The van der Waals surface area contributed by atoms with Crippen LogP contribution in [-0.2, 0) is 4.74 Å². The summed E-state index contributed by atoms with van der Waals surface area (Å²) in [6, 6.07) is 7.47. The van der Waals surface area contributed by atoms with Crippen molar-refractivity contribution in [3.05, 3.63) is 45.7 Å². The first kappa shape index (κ1) is 18.1. The Morgan fingerprint density at radius 3 is 2.70 bits per heavy atom. The molecule has 0 bridgehead atoms. The summed E-state index contributed by atoms with van der Waals surface area (Å²) in [4.78, 5) is 4.55. The van der Waals surface area contributed by atoms with E-state index < -0.39 is 0 Å². The summed E-state index contributed by atoms with van der Waals surface area (Å²) in [5.41, 5.74) is 2.86. The Kier molecular flexibility index (Phi) is 4.73. The van der Waals surface area contributed by atoms with E-state index in [1.165, 1.54) is 0 Å². The minimum Gasteiger partial charge on any atom is -0.494 e. The Morgan fingerprint density at radius 1 is 1.30 bits per heavy atom. The largest absolute Gasteiger partial charge is 0.494 e. The number of nitrogens with zero attached hydrogens (tertiary/aromatic N) is 3. The summed E-state index contributed by atoms with van der Waals surface area (Å²) in [5.74, 6) is 0.0990. The number of nitriles is 1. The molecule has 27 heavy (non-hydrogen) atoms. The lowest BCUT2D eigenvalue weighted by atomic mass is 9.96. The van der Waals surface area contributed by atoms with Crippen molar-refractivity contribution in [2.24, 2.45) is 0 Å². The standard InChI is InChI=1S/C20H17Cl2N3O2/c1-11-15(9-23)18(14-3-2-12(21)8-16(14)22)19-17(24-11)10-25(20(19)26)13-4-6-27-7-5-13/h2-3,8,10,13,26H,4-7H2,1H3. The normalized spacial score (nSPS) is 15.2. The molecule has 1 aliphatic heterocycles. The van der Waals surface area contributed by atoms with Gasteiger partial charge in [-0.05, 0) is 31.9 Å². The van der Waals surface area contributed by atoms with Crippen LogP contribution in [0.5, 0.6) is 5.88 Å². The Hall–Kier alpha value is -2.26. The summed E-state index contributed by atoms with van der Waals surface area (Å²) < 4.78 is 7.27. The molecular weight excluding hydrogens is 385 g/mol. The van der Waals surface area contributed by atoms with Crippen LogP contribution in [-0.4, -0.2) is 27.9 Å². The molecule has 0 unspecified atom stereocenters. The molecule has 4 rings (SSSR count). The van der Waals surface area contributed by atoms with Gasteiger partial charge in [-0.1, -0.05) is 29.3 Å². The first-order valence-corrected chi connectivity index (χ1v) is 9.44. The van der Waals surface area contributed by atoms with Crippen LogP contribution in [0.3, 0.4) is 0 Å². The number of aromatic hydroxyl groups is 1. The van der Waals surface area contributed by atoms with E-state index in [1.54, 1.807) is 25.1 Å². The van der Waals surface area contributed by atoms with Gasteiger partial charge in [0.2, 0.25) is 5.88 Å². The fraction of sp³-hybridized carbons (Fsp3) is 0.300. The molecule has 0 aliphatic carbocycles. The van der Waals surface area contributed by atoms with Crippen molar-refractivity contribution in [3.8, 4) is 23.1 Å². The zero-order chi connectivity index (χ0) is 19.1. The molecular formula is C20H17Cl2N3O2. The third-order valence-electron chi connectivity index (χ3n) is 5.03. The maximum Gasteiger partial charge on any atom is 0.201 e. The average molecular weight is 402 g/mol. The average Bonchev–Trinajstić information content (AvgIpc) is 2.98. The molecule has 1 aromatic carbocycles. The van der Waals surface area contributed by atoms with E-state index in [9.17, 15) is 10.4 Å². The summed E-state index contributed by atoms with van der Waals surface area (Å²) in [7, 11) is 0. The topological polar surface area (TPSA) is 71.1 Å². The van der Waals surface area contributed by atoms with E-state index >= 15 is 0 Å². The number of halogens is 2. The number of ether oxygens (including phenoxy) is 1. The van der Waals surface area contributed by atoms with Crippen molar-refractivity contribution in [2.45, 2.75) is 25.8 Å². The molecule has 1 saturated heterocycles. The van der Waals surface area contributed by atoms with Gasteiger partial charge in [0.25, 0.3) is 0 Å². The highest BCUT2D eigenvalue weighted by Gasteiger charge is 2.25. The minimum absolute atomic E-state index is 0.0990. The van der Waals surface area contributed by atoms with Crippen LogP contribution >= 0.6 is 23.2 Å². The van der Waals surface area contributed by atoms with Gasteiger partial charge in [-0.25, -0.2) is 4.98 Å². The van der Waals surface area contributed by atoms with Gasteiger partial charge in [0.05, 0.1) is 22.2 Å². The zero-order valence-electron chi connectivity index (χ0n) is 14.7. The molecule has 138 valence electrons. The SMILES string of the molecule is Cc1nc2cn(C3CCOCC3)c(O)c2c(-c2ccc(Cl)cc2Cl)c1C#N. The van der Waals surface area contributed by atoms with Gasteiger partial charge in [-0.15, -0.1) is 0 Å². The van der Waals surface area contributed by atoms with Gasteiger partial charge in [0, 0.05) is 46.6 Å². The first-order chi connectivity index (χ1) is 13.0. The Bertz CT molecular complexity index is 1080. The molecule has 3 aromatic rings. The van der Waals surface area contributed by atoms with E-state index in [0.29, 0.717) is 56.5 Å². The first-order valence-electron chi connectivity index (χ1n) is 8.68. The monoisotopic (exact) mass is 401 g/mol. The number of hydrogen-bond acceptors (Lipinski definition) is 4. The van der Waals surface area contributed by atoms with Crippen LogP contribution in [0.15, 0.2) is 24.4 Å². The number of pyridine rings is 1. The molecule has 1 fully saturated rings. The summed E-state index contributed by atoms with van der Waals surface area (Å²) >= 11 is 12.5. The van der Waals surface area contributed by atoms with Gasteiger partial charge >= 0.3 is 0 Å². The maximum atomic E-state index is 11.0. The second kappa shape index (κ2) is 7.05. The second-order valence-electron chi connectivity index (χ2n) is 6.65. The van der Waals surface area contributed by atoms with Crippen LogP contribution in [0, 0.1) is 18.3 Å². The second-order valence-corrected chi connectivity index (χ2v) is 7.49. The number of benzene rings is 1. The molecule has 3 heterocycles. The summed E-state index contributed by atoms with van der Waals surface area (Å²) in [6.45, 7) is 3.10. The Morgan fingerprint density at radius 2 is 2.04 bits per heavy atom. The molecule has 7 heteroatoms. The highest BCUT2D eigenvalue weighted by molar-refractivity contribution is 6.36. The molecule has 0 atom stereocenters. The lowest BCUT2D eigenvalue weighted by Crippen LogP contribution is -2.18. The van der Waals surface area contributed by atoms with E-state index in [2.05, 4.69) is 11.1 Å². The van der Waals surface area contributed by atoms with Gasteiger partial charge < -0.3 is 14.4 Å². The van der Waals surface area contributed by atoms with Crippen LogP contribution in [0.4, 0.5) is 0 Å². The van der Waals surface area contributed by atoms with E-state index in [0.717, 1.165) is 12.8 Å². The van der Waals surface area contributed by atoms with Gasteiger partial charge in [0.1, 0.15) is 6.07 Å².